The first-order valence-electron chi connectivity index (χ1n) is 5.20. The summed E-state index contributed by atoms with van der Waals surface area (Å²) in [5.41, 5.74) is 2.25. The molecule has 15 heavy (non-hydrogen) atoms. The lowest BCUT2D eigenvalue weighted by molar-refractivity contribution is 0.125. The number of fused-ring (bicyclic) bond motifs is 3. The van der Waals surface area contributed by atoms with Crippen LogP contribution in [-0.2, 0) is 17.9 Å². The number of aromatic nitrogens is 1. The summed E-state index contributed by atoms with van der Waals surface area (Å²) in [6.45, 7) is 2.41. The third-order valence-electron chi connectivity index (χ3n) is 2.87. The minimum atomic E-state index is -0.177. The van der Waals surface area contributed by atoms with E-state index in [-0.39, 0.29) is 5.82 Å². The van der Waals surface area contributed by atoms with Gasteiger partial charge in [-0.1, -0.05) is 0 Å². The van der Waals surface area contributed by atoms with Crippen molar-refractivity contribution >= 4 is 10.9 Å². The van der Waals surface area contributed by atoms with Crippen molar-refractivity contribution in [2.24, 2.45) is 0 Å². The van der Waals surface area contributed by atoms with Crippen molar-refractivity contribution in [2.45, 2.75) is 19.6 Å². The number of hydrogen-bond acceptors (Lipinski definition) is 1. The van der Waals surface area contributed by atoms with E-state index in [9.17, 15) is 4.39 Å². The topological polar surface area (TPSA) is 14.2 Å². The van der Waals surface area contributed by atoms with Gasteiger partial charge in [-0.3, -0.25) is 0 Å². The quantitative estimate of drug-likeness (QED) is 0.645. The van der Waals surface area contributed by atoms with Crippen molar-refractivity contribution in [3.8, 4) is 0 Å². The third kappa shape index (κ3) is 1.43. The Morgan fingerprint density at radius 3 is 3.13 bits per heavy atom. The first-order chi connectivity index (χ1) is 7.34. The number of halogens is 1. The number of aryl methyl sites for hydroxylation is 1. The van der Waals surface area contributed by atoms with Gasteiger partial charge in [-0.2, -0.15) is 0 Å². The normalized spacial score (nSPS) is 16.3. The van der Waals surface area contributed by atoms with Crippen LogP contribution in [0.25, 0.3) is 10.9 Å². The Bertz CT molecular complexity index is 504. The van der Waals surface area contributed by atoms with Crippen LogP contribution in [0, 0.1) is 5.82 Å². The smallest absolute Gasteiger partial charge is 0.123 e. The van der Waals surface area contributed by atoms with Crippen LogP contribution in [0.1, 0.15) is 12.1 Å². The summed E-state index contributed by atoms with van der Waals surface area (Å²) in [5.74, 6) is -0.177. The van der Waals surface area contributed by atoms with Gasteiger partial charge in [-0.15, -0.1) is 0 Å². The number of hydrogen-bond donors (Lipinski definition) is 0. The molecule has 1 aromatic carbocycles. The molecule has 2 aromatic rings. The predicted octanol–water partition coefficient (Wildman–Crippen LogP) is 2.70. The molecule has 0 amide bonds. The van der Waals surface area contributed by atoms with Crippen LogP contribution in [0.2, 0.25) is 0 Å². The Balaban J connectivity index is 2.23. The van der Waals surface area contributed by atoms with Crippen LogP contribution in [0.4, 0.5) is 4.39 Å². The highest BCUT2D eigenvalue weighted by atomic mass is 19.1. The Labute approximate surface area is 87.3 Å². The van der Waals surface area contributed by atoms with Gasteiger partial charge in [0.2, 0.25) is 0 Å². The van der Waals surface area contributed by atoms with Gasteiger partial charge in [0, 0.05) is 29.7 Å². The summed E-state index contributed by atoms with van der Waals surface area (Å²) >= 11 is 0. The molecule has 0 radical (unpaired) electrons. The van der Waals surface area contributed by atoms with Gasteiger partial charge in [0.05, 0.1) is 6.61 Å². The molecule has 3 rings (SSSR count). The highest BCUT2D eigenvalue weighted by Crippen LogP contribution is 2.23. The molecule has 1 aliphatic heterocycles. The first-order valence-corrected chi connectivity index (χ1v) is 5.20. The maximum absolute atomic E-state index is 13.0. The lowest BCUT2D eigenvalue weighted by atomic mass is 10.2. The van der Waals surface area contributed by atoms with Crippen LogP contribution in [-0.4, -0.2) is 11.2 Å². The van der Waals surface area contributed by atoms with Gasteiger partial charge in [0.15, 0.2) is 0 Å². The van der Waals surface area contributed by atoms with Gasteiger partial charge in [-0.25, -0.2) is 4.39 Å². The van der Waals surface area contributed by atoms with E-state index in [1.165, 1.54) is 6.07 Å². The lowest BCUT2D eigenvalue weighted by Crippen LogP contribution is -1.99. The molecule has 0 bridgehead atoms. The van der Waals surface area contributed by atoms with Crippen molar-refractivity contribution in [3.63, 3.8) is 0 Å². The van der Waals surface area contributed by atoms with Crippen LogP contribution in [0.15, 0.2) is 24.3 Å². The molecule has 0 saturated carbocycles. The van der Waals surface area contributed by atoms with E-state index >= 15 is 0 Å². The second kappa shape index (κ2) is 3.35. The average Bonchev–Trinajstić information content (AvgIpc) is 2.42. The minimum absolute atomic E-state index is 0.177. The van der Waals surface area contributed by atoms with Gasteiger partial charge in [0.1, 0.15) is 5.82 Å². The molecule has 0 unspecified atom stereocenters. The van der Waals surface area contributed by atoms with Crippen molar-refractivity contribution in [1.82, 2.24) is 4.57 Å². The molecule has 0 saturated heterocycles. The number of ether oxygens (including phenoxy) is 1. The number of rotatable bonds is 0. The van der Waals surface area contributed by atoms with Crippen molar-refractivity contribution < 1.29 is 9.13 Å². The zero-order chi connectivity index (χ0) is 10.3. The van der Waals surface area contributed by atoms with E-state index in [2.05, 4.69) is 4.57 Å². The van der Waals surface area contributed by atoms with Crippen LogP contribution < -0.4 is 0 Å². The lowest BCUT2D eigenvalue weighted by Gasteiger charge is -2.04. The molecule has 1 aromatic heterocycles. The van der Waals surface area contributed by atoms with Crippen molar-refractivity contribution in [3.05, 3.63) is 35.8 Å². The zero-order valence-electron chi connectivity index (χ0n) is 8.37. The fourth-order valence-corrected chi connectivity index (χ4v) is 2.18. The van der Waals surface area contributed by atoms with Gasteiger partial charge >= 0.3 is 0 Å². The van der Waals surface area contributed by atoms with Gasteiger partial charge in [-0.05, 0) is 30.7 Å². The third-order valence-corrected chi connectivity index (χ3v) is 2.87. The van der Waals surface area contributed by atoms with Gasteiger partial charge < -0.3 is 9.30 Å². The summed E-state index contributed by atoms with van der Waals surface area (Å²) in [7, 11) is 0. The Kier molecular flexibility index (Phi) is 1.99. The summed E-state index contributed by atoms with van der Waals surface area (Å²) in [6.07, 6.45) is 1.02. The second-order valence-corrected chi connectivity index (χ2v) is 3.90. The van der Waals surface area contributed by atoms with Gasteiger partial charge in [0.25, 0.3) is 0 Å². The van der Waals surface area contributed by atoms with Crippen molar-refractivity contribution in [1.29, 1.82) is 0 Å². The molecule has 0 aliphatic carbocycles. The fourth-order valence-electron chi connectivity index (χ4n) is 2.18. The molecule has 1 aliphatic rings. The average molecular weight is 205 g/mol. The summed E-state index contributed by atoms with van der Waals surface area (Å²) < 4.78 is 20.7. The summed E-state index contributed by atoms with van der Waals surface area (Å²) in [4.78, 5) is 0. The summed E-state index contributed by atoms with van der Waals surface area (Å²) in [5, 5.41) is 0.968. The maximum Gasteiger partial charge on any atom is 0.123 e. The molecular weight excluding hydrogens is 193 g/mol. The first kappa shape index (κ1) is 8.92. The Hall–Kier alpha value is -1.35. The second-order valence-electron chi connectivity index (χ2n) is 3.90. The Morgan fingerprint density at radius 1 is 1.27 bits per heavy atom. The molecule has 0 N–H and O–H groups in total. The molecule has 0 spiro atoms. The molecular formula is C12H12FNO. The monoisotopic (exact) mass is 205 g/mol. The Morgan fingerprint density at radius 2 is 2.20 bits per heavy atom. The van der Waals surface area contributed by atoms with E-state index in [1.54, 1.807) is 6.07 Å². The maximum atomic E-state index is 13.0. The molecule has 2 heterocycles. The highest BCUT2D eigenvalue weighted by molar-refractivity contribution is 5.81. The summed E-state index contributed by atoms with van der Waals surface area (Å²) in [6, 6.07) is 6.96. The molecule has 0 atom stereocenters. The minimum Gasteiger partial charge on any atom is -0.375 e. The largest absolute Gasteiger partial charge is 0.375 e. The fraction of sp³-hybridized carbons (Fsp3) is 0.333. The zero-order valence-corrected chi connectivity index (χ0v) is 8.37. The molecule has 78 valence electrons. The SMILES string of the molecule is Fc1ccc2c(c1)cc1n2CCCOC1. The van der Waals surface area contributed by atoms with E-state index in [0.29, 0.717) is 6.61 Å². The highest BCUT2D eigenvalue weighted by Gasteiger charge is 2.11. The van der Waals surface area contributed by atoms with Crippen LogP contribution in [0.3, 0.4) is 0 Å². The molecule has 3 heteroatoms. The van der Waals surface area contributed by atoms with E-state index in [0.717, 1.165) is 36.2 Å². The standard InChI is InChI=1S/C12H12FNO/c13-10-2-3-12-9(6-10)7-11-8-15-5-1-4-14(11)12/h2-3,6-7H,1,4-5,8H2. The van der Waals surface area contributed by atoms with Crippen LogP contribution in [0.5, 0.6) is 0 Å². The number of benzene rings is 1. The molecule has 2 nitrogen and oxygen atoms in total. The predicted molar refractivity (Wildman–Crippen MR) is 56.2 cm³/mol. The van der Waals surface area contributed by atoms with E-state index < -0.39 is 0 Å². The van der Waals surface area contributed by atoms with E-state index in [1.807, 2.05) is 12.1 Å². The molecule has 0 fully saturated rings. The van der Waals surface area contributed by atoms with Crippen molar-refractivity contribution in [2.75, 3.05) is 6.61 Å². The van der Waals surface area contributed by atoms with E-state index in [4.69, 9.17) is 4.74 Å². The number of nitrogens with zero attached hydrogens (tertiary/aromatic N) is 1. The van der Waals surface area contributed by atoms with Crippen LogP contribution >= 0.6 is 0 Å².